The van der Waals surface area contributed by atoms with Gasteiger partial charge in [0, 0.05) is 0 Å². The maximum atomic E-state index is 8.81. The van der Waals surface area contributed by atoms with Crippen LogP contribution in [-0.4, -0.2) is 0 Å². The summed E-state index contributed by atoms with van der Waals surface area (Å²) in [5, 5.41) is 17.6. The van der Waals surface area contributed by atoms with Gasteiger partial charge in [-0.1, -0.05) is 18.2 Å². The van der Waals surface area contributed by atoms with Crippen LogP contribution >= 0.6 is 0 Å². The van der Waals surface area contributed by atoms with Crippen molar-refractivity contribution in [3.8, 4) is 23.6 Å². The minimum Gasteiger partial charge on any atom is -0.489 e. The number of rotatable bonds is 6. The smallest absolute Gasteiger partial charge is 0.119 e. The van der Waals surface area contributed by atoms with Crippen LogP contribution in [0.15, 0.2) is 72.8 Å². The lowest BCUT2D eigenvalue weighted by Crippen LogP contribution is -1.99. The van der Waals surface area contributed by atoms with Crippen molar-refractivity contribution in [1.29, 1.82) is 10.5 Å². The average Bonchev–Trinajstić information content (AvgIpc) is 2.72. The van der Waals surface area contributed by atoms with E-state index < -0.39 is 0 Å². The minimum atomic E-state index is 0.441. The molecule has 3 aromatic carbocycles. The summed E-state index contributed by atoms with van der Waals surface area (Å²) in [4.78, 5) is 0. The fourth-order valence-electron chi connectivity index (χ4n) is 2.39. The maximum Gasteiger partial charge on any atom is 0.119 e. The van der Waals surface area contributed by atoms with E-state index in [1.165, 1.54) is 0 Å². The molecule has 0 heterocycles. The molecule has 0 spiro atoms. The van der Waals surface area contributed by atoms with Crippen LogP contribution in [0.1, 0.15) is 22.3 Å². The molecule has 0 bridgehead atoms. The van der Waals surface area contributed by atoms with Crippen LogP contribution in [0.3, 0.4) is 0 Å². The van der Waals surface area contributed by atoms with E-state index in [1.807, 2.05) is 24.3 Å². The van der Waals surface area contributed by atoms with Crippen molar-refractivity contribution in [2.45, 2.75) is 13.2 Å². The normalized spacial score (nSPS) is 9.77. The number of nitriles is 2. The predicted octanol–water partition coefficient (Wildman–Crippen LogP) is 4.59. The quantitative estimate of drug-likeness (QED) is 0.658. The monoisotopic (exact) mass is 340 g/mol. The first-order chi connectivity index (χ1) is 12.8. The SMILES string of the molecule is N#Cc1ccc(OCc2cccc(COc3ccc(C#N)cc3)c2)cc1. The van der Waals surface area contributed by atoms with Crippen molar-refractivity contribution in [2.75, 3.05) is 0 Å². The molecule has 4 heteroatoms. The van der Waals surface area contributed by atoms with Gasteiger partial charge in [0.1, 0.15) is 24.7 Å². The first-order valence-electron chi connectivity index (χ1n) is 8.10. The van der Waals surface area contributed by atoms with Gasteiger partial charge in [0.25, 0.3) is 0 Å². The highest BCUT2D eigenvalue weighted by Crippen LogP contribution is 2.17. The van der Waals surface area contributed by atoms with E-state index in [9.17, 15) is 0 Å². The van der Waals surface area contributed by atoms with Gasteiger partial charge in [-0.3, -0.25) is 0 Å². The minimum absolute atomic E-state index is 0.441. The molecule has 4 nitrogen and oxygen atoms in total. The van der Waals surface area contributed by atoms with Gasteiger partial charge in [0.15, 0.2) is 0 Å². The molecule has 0 aliphatic carbocycles. The van der Waals surface area contributed by atoms with Crippen LogP contribution in [0.2, 0.25) is 0 Å². The van der Waals surface area contributed by atoms with Crippen LogP contribution in [0.5, 0.6) is 11.5 Å². The van der Waals surface area contributed by atoms with Gasteiger partial charge in [0.2, 0.25) is 0 Å². The number of ether oxygens (including phenoxy) is 2. The number of hydrogen-bond acceptors (Lipinski definition) is 4. The molecule has 3 rings (SSSR count). The molecular formula is C22H16N2O2. The van der Waals surface area contributed by atoms with Crippen LogP contribution < -0.4 is 9.47 Å². The summed E-state index contributed by atoms with van der Waals surface area (Å²) in [7, 11) is 0. The largest absolute Gasteiger partial charge is 0.489 e. The molecule has 0 fully saturated rings. The van der Waals surface area contributed by atoms with Crippen molar-refractivity contribution in [3.63, 3.8) is 0 Å². The van der Waals surface area contributed by atoms with E-state index in [0.717, 1.165) is 22.6 Å². The Morgan fingerprint density at radius 2 is 1.04 bits per heavy atom. The Morgan fingerprint density at radius 1 is 0.615 bits per heavy atom. The van der Waals surface area contributed by atoms with Crippen LogP contribution in [-0.2, 0) is 13.2 Å². The summed E-state index contributed by atoms with van der Waals surface area (Å²) in [6, 6.07) is 26.2. The summed E-state index contributed by atoms with van der Waals surface area (Å²) in [5.74, 6) is 1.45. The fraction of sp³-hybridized carbons (Fsp3) is 0.0909. The van der Waals surface area contributed by atoms with Gasteiger partial charge in [-0.05, 0) is 65.7 Å². The van der Waals surface area contributed by atoms with Crippen LogP contribution in [0, 0.1) is 22.7 Å². The van der Waals surface area contributed by atoms with Gasteiger partial charge < -0.3 is 9.47 Å². The van der Waals surface area contributed by atoms with Gasteiger partial charge in [-0.2, -0.15) is 10.5 Å². The second-order valence-corrected chi connectivity index (χ2v) is 5.67. The standard InChI is InChI=1S/C22H16N2O2/c23-13-17-4-8-21(9-5-17)25-15-19-2-1-3-20(12-19)16-26-22-10-6-18(14-24)7-11-22/h1-12H,15-16H2. The maximum absolute atomic E-state index is 8.81. The average molecular weight is 340 g/mol. The first-order valence-corrected chi connectivity index (χ1v) is 8.10. The van der Waals surface area contributed by atoms with Crippen molar-refractivity contribution >= 4 is 0 Å². The van der Waals surface area contributed by atoms with Gasteiger partial charge >= 0.3 is 0 Å². The Morgan fingerprint density at radius 3 is 1.42 bits per heavy atom. The van der Waals surface area contributed by atoms with E-state index in [1.54, 1.807) is 48.5 Å². The molecule has 0 amide bonds. The molecule has 0 aliphatic rings. The Kier molecular flexibility index (Phi) is 5.50. The third-order valence-electron chi connectivity index (χ3n) is 3.77. The lowest BCUT2D eigenvalue weighted by Gasteiger charge is -2.09. The zero-order chi connectivity index (χ0) is 18.2. The van der Waals surface area contributed by atoms with E-state index >= 15 is 0 Å². The zero-order valence-corrected chi connectivity index (χ0v) is 14.1. The summed E-state index contributed by atoms with van der Waals surface area (Å²) in [6.07, 6.45) is 0. The first kappa shape index (κ1) is 17.1. The molecule has 0 aliphatic heterocycles. The topological polar surface area (TPSA) is 66.0 Å². The second kappa shape index (κ2) is 8.37. The lowest BCUT2D eigenvalue weighted by atomic mass is 10.1. The second-order valence-electron chi connectivity index (χ2n) is 5.67. The molecule has 0 unspecified atom stereocenters. The van der Waals surface area contributed by atoms with Crippen molar-refractivity contribution < 1.29 is 9.47 Å². The highest BCUT2D eigenvalue weighted by Gasteiger charge is 2.01. The summed E-state index contributed by atoms with van der Waals surface area (Å²) >= 11 is 0. The van der Waals surface area contributed by atoms with Crippen LogP contribution in [0.4, 0.5) is 0 Å². The number of benzene rings is 3. The number of nitrogens with zero attached hydrogens (tertiary/aromatic N) is 2. The van der Waals surface area contributed by atoms with E-state index in [2.05, 4.69) is 12.1 Å². The molecule has 0 saturated carbocycles. The molecule has 0 radical (unpaired) electrons. The Balaban J connectivity index is 1.57. The van der Waals surface area contributed by atoms with Gasteiger partial charge in [0.05, 0.1) is 23.3 Å². The van der Waals surface area contributed by atoms with Crippen LogP contribution in [0.25, 0.3) is 0 Å². The van der Waals surface area contributed by atoms with Crippen molar-refractivity contribution in [1.82, 2.24) is 0 Å². The molecule has 0 atom stereocenters. The summed E-state index contributed by atoms with van der Waals surface area (Å²) < 4.78 is 11.5. The highest BCUT2D eigenvalue weighted by molar-refractivity contribution is 5.35. The van der Waals surface area contributed by atoms with Crippen molar-refractivity contribution in [2.24, 2.45) is 0 Å². The number of hydrogen-bond donors (Lipinski definition) is 0. The third-order valence-corrected chi connectivity index (χ3v) is 3.77. The lowest BCUT2D eigenvalue weighted by molar-refractivity contribution is 0.300. The molecule has 26 heavy (non-hydrogen) atoms. The summed E-state index contributed by atoms with van der Waals surface area (Å²) in [5.41, 5.74) is 3.30. The van der Waals surface area contributed by atoms with Gasteiger partial charge in [-0.25, -0.2) is 0 Å². The van der Waals surface area contributed by atoms with Crippen molar-refractivity contribution in [3.05, 3.63) is 95.1 Å². The molecule has 0 aromatic heterocycles. The van der Waals surface area contributed by atoms with Gasteiger partial charge in [-0.15, -0.1) is 0 Å². The molecular weight excluding hydrogens is 324 g/mol. The molecule has 126 valence electrons. The van der Waals surface area contributed by atoms with E-state index in [0.29, 0.717) is 24.3 Å². The van der Waals surface area contributed by atoms with E-state index in [-0.39, 0.29) is 0 Å². The predicted molar refractivity (Wildman–Crippen MR) is 97.4 cm³/mol. The Hall–Kier alpha value is -3.76. The highest BCUT2D eigenvalue weighted by atomic mass is 16.5. The Labute approximate surface area is 152 Å². The zero-order valence-electron chi connectivity index (χ0n) is 14.1. The summed E-state index contributed by atoms with van der Waals surface area (Å²) in [6.45, 7) is 0.882. The van der Waals surface area contributed by atoms with E-state index in [4.69, 9.17) is 20.0 Å². The fourth-order valence-corrected chi connectivity index (χ4v) is 2.39. The third kappa shape index (κ3) is 4.63. The molecule has 3 aromatic rings. The Bertz CT molecular complexity index is 872. The molecule has 0 N–H and O–H groups in total. The molecule has 0 saturated heterocycles.